The van der Waals surface area contributed by atoms with E-state index in [1.54, 1.807) is 4.90 Å². The van der Waals surface area contributed by atoms with Crippen LogP contribution >= 0.6 is 0 Å². The van der Waals surface area contributed by atoms with E-state index in [0.29, 0.717) is 25.3 Å². The number of rotatable bonds is 2. The largest absolute Gasteiger partial charge is 0.443 e. The van der Waals surface area contributed by atoms with Gasteiger partial charge in [-0.2, -0.15) is 0 Å². The van der Waals surface area contributed by atoms with E-state index in [1.807, 2.05) is 6.92 Å². The van der Waals surface area contributed by atoms with Gasteiger partial charge < -0.3 is 9.32 Å². The Bertz CT molecular complexity index is 773. The van der Waals surface area contributed by atoms with E-state index in [1.165, 1.54) is 6.07 Å². The monoisotopic (exact) mass is 354 g/mol. The maximum absolute atomic E-state index is 13.8. The second kappa shape index (κ2) is 6.80. The third-order valence-corrected chi connectivity index (χ3v) is 5.72. The van der Waals surface area contributed by atoms with Gasteiger partial charge in [0.15, 0.2) is 5.69 Å². The standard InChI is InChI=1S/C16H16F2N2O3S/c1-10-5-6-20(7-8-24(10)22)16(21)13-9-23-15(19-13)14-11(17)3-2-4-12(14)18/h2-4,9-10H,5-8H2,1H3. The molecule has 1 saturated heterocycles. The number of aromatic nitrogens is 1. The highest BCUT2D eigenvalue weighted by Crippen LogP contribution is 2.25. The van der Waals surface area contributed by atoms with Crippen LogP contribution in [0.5, 0.6) is 0 Å². The molecule has 2 atom stereocenters. The smallest absolute Gasteiger partial charge is 0.275 e. The number of carbonyl (C=O) groups is 1. The van der Waals surface area contributed by atoms with Crippen molar-refractivity contribution in [2.24, 2.45) is 0 Å². The molecule has 24 heavy (non-hydrogen) atoms. The zero-order valence-corrected chi connectivity index (χ0v) is 13.8. The number of oxazole rings is 1. The Balaban J connectivity index is 1.83. The van der Waals surface area contributed by atoms with Crippen LogP contribution in [0, 0.1) is 11.6 Å². The Morgan fingerprint density at radius 3 is 2.75 bits per heavy atom. The van der Waals surface area contributed by atoms with Crippen LogP contribution in [0.4, 0.5) is 8.78 Å². The summed E-state index contributed by atoms with van der Waals surface area (Å²) in [5, 5.41) is 0.0307. The van der Waals surface area contributed by atoms with Crippen molar-refractivity contribution in [3.63, 3.8) is 0 Å². The summed E-state index contributed by atoms with van der Waals surface area (Å²) in [4.78, 5) is 18.0. The molecule has 2 heterocycles. The van der Waals surface area contributed by atoms with Gasteiger partial charge in [0.1, 0.15) is 23.5 Å². The van der Waals surface area contributed by atoms with Crippen LogP contribution in [0.1, 0.15) is 23.8 Å². The van der Waals surface area contributed by atoms with Crippen LogP contribution < -0.4 is 0 Å². The first-order valence-corrected chi connectivity index (χ1v) is 8.92. The zero-order chi connectivity index (χ0) is 17.3. The average Bonchev–Trinajstić information content (AvgIpc) is 2.96. The molecular formula is C16H16F2N2O3S. The van der Waals surface area contributed by atoms with Gasteiger partial charge in [-0.25, -0.2) is 13.8 Å². The minimum absolute atomic E-state index is 0.0204. The molecule has 2 aromatic rings. The zero-order valence-electron chi connectivity index (χ0n) is 13.0. The first kappa shape index (κ1) is 16.8. The number of hydrogen-bond acceptors (Lipinski definition) is 4. The molecule has 5 nitrogen and oxygen atoms in total. The lowest BCUT2D eigenvalue weighted by atomic mass is 10.2. The van der Waals surface area contributed by atoms with E-state index in [2.05, 4.69) is 4.98 Å². The first-order chi connectivity index (χ1) is 11.5. The van der Waals surface area contributed by atoms with E-state index in [9.17, 15) is 17.8 Å². The van der Waals surface area contributed by atoms with Gasteiger partial charge in [-0.15, -0.1) is 0 Å². The third-order valence-electron chi connectivity index (χ3n) is 4.00. The molecule has 0 saturated carbocycles. The molecule has 0 bridgehead atoms. The van der Waals surface area contributed by atoms with E-state index in [0.717, 1.165) is 18.4 Å². The Hall–Kier alpha value is -2.09. The number of nitrogens with zero attached hydrogens (tertiary/aromatic N) is 2. The Morgan fingerprint density at radius 2 is 2.04 bits per heavy atom. The number of amides is 1. The Morgan fingerprint density at radius 1 is 1.33 bits per heavy atom. The van der Waals surface area contributed by atoms with Crippen molar-refractivity contribution >= 4 is 16.7 Å². The molecular weight excluding hydrogens is 338 g/mol. The van der Waals surface area contributed by atoms with Crippen LogP contribution in [0.25, 0.3) is 11.5 Å². The molecule has 0 radical (unpaired) electrons. The SMILES string of the molecule is CC1CCN(C(=O)c2coc(-c3c(F)cccc3F)n2)CCS1=O. The lowest BCUT2D eigenvalue weighted by molar-refractivity contribution is 0.0761. The molecule has 1 aliphatic rings. The highest BCUT2D eigenvalue weighted by atomic mass is 32.2. The molecule has 2 unspecified atom stereocenters. The molecule has 0 aliphatic carbocycles. The van der Waals surface area contributed by atoms with Crippen LogP contribution in [0.3, 0.4) is 0 Å². The quantitative estimate of drug-likeness (QED) is 0.832. The highest BCUT2D eigenvalue weighted by molar-refractivity contribution is 7.85. The van der Waals surface area contributed by atoms with Gasteiger partial charge >= 0.3 is 0 Å². The van der Waals surface area contributed by atoms with E-state index in [4.69, 9.17) is 4.42 Å². The molecule has 1 aromatic carbocycles. The lowest BCUT2D eigenvalue weighted by Crippen LogP contribution is -2.33. The fourth-order valence-corrected chi connectivity index (χ4v) is 3.71. The van der Waals surface area contributed by atoms with Crippen LogP contribution in [0.15, 0.2) is 28.9 Å². The van der Waals surface area contributed by atoms with Gasteiger partial charge in [0, 0.05) is 34.9 Å². The van der Waals surface area contributed by atoms with Crippen molar-refractivity contribution in [1.29, 1.82) is 0 Å². The van der Waals surface area contributed by atoms with Gasteiger partial charge in [-0.1, -0.05) is 13.0 Å². The van der Waals surface area contributed by atoms with E-state index >= 15 is 0 Å². The fraction of sp³-hybridized carbons (Fsp3) is 0.375. The number of hydrogen-bond donors (Lipinski definition) is 0. The normalized spacial score (nSPS) is 21.5. The molecule has 0 spiro atoms. The van der Waals surface area contributed by atoms with E-state index < -0.39 is 33.9 Å². The van der Waals surface area contributed by atoms with Crippen LogP contribution in [0.2, 0.25) is 0 Å². The fourth-order valence-electron chi connectivity index (χ4n) is 2.54. The molecule has 1 aliphatic heterocycles. The Labute approximate surface area is 140 Å². The maximum atomic E-state index is 13.8. The van der Waals surface area contributed by atoms with Crippen molar-refractivity contribution in [2.45, 2.75) is 18.6 Å². The molecule has 1 fully saturated rings. The molecule has 128 valence electrons. The van der Waals surface area contributed by atoms with Gasteiger partial charge in [-0.05, 0) is 18.6 Å². The lowest BCUT2D eigenvalue weighted by Gasteiger charge is -2.18. The maximum Gasteiger partial charge on any atom is 0.275 e. The summed E-state index contributed by atoms with van der Waals surface area (Å²) in [5.41, 5.74) is -0.421. The van der Waals surface area contributed by atoms with Gasteiger partial charge in [0.25, 0.3) is 5.91 Å². The molecule has 8 heteroatoms. The van der Waals surface area contributed by atoms with Crippen molar-refractivity contribution in [3.8, 4) is 11.5 Å². The predicted molar refractivity (Wildman–Crippen MR) is 84.8 cm³/mol. The van der Waals surface area contributed by atoms with Crippen LogP contribution in [-0.2, 0) is 10.8 Å². The summed E-state index contributed by atoms with van der Waals surface area (Å²) in [6, 6.07) is 3.42. The molecule has 3 rings (SSSR count). The molecule has 0 N–H and O–H groups in total. The number of carbonyl (C=O) groups excluding carboxylic acids is 1. The summed E-state index contributed by atoms with van der Waals surface area (Å²) < 4.78 is 44.5. The van der Waals surface area contributed by atoms with Crippen LogP contribution in [-0.4, -0.2) is 44.1 Å². The highest BCUT2D eigenvalue weighted by Gasteiger charge is 2.26. The topological polar surface area (TPSA) is 63.4 Å². The summed E-state index contributed by atoms with van der Waals surface area (Å²) >= 11 is 0. The van der Waals surface area contributed by atoms with Gasteiger partial charge in [0.2, 0.25) is 5.89 Å². The summed E-state index contributed by atoms with van der Waals surface area (Å²) in [7, 11) is -0.964. The average molecular weight is 354 g/mol. The second-order valence-corrected chi connectivity index (χ2v) is 7.59. The van der Waals surface area contributed by atoms with Crippen molar-refractivity contribution in [3.05, 3.63) is 41.8 Å². The molecule has 1 aromatic heterocycles. The van der Waals surface area contributed by atoms with Gasteiger partial charge in [-0.3, -0.25) is 9.00 Å². The van der Waals surface area contributed by atoms with Crippen molar-refractivity contribution < 1.29 is 22.2 Å². The second-order valence-electron chi connectivity index (χ2n) is 5.61. The first-order valence-electron chi connectivity index (χ1n) is 7.53. The number of halogens is 2. The predicted octanol–water partition coefficient (Wildman–Crippen LogP) is 2.60. The van der Waals surface area contributed by atoms with E-state index in [-0.39, 0.29) is 16.8 Å². The van der Waals surface area contributed by atoms with Crippen molar-refractivity contribution in [2.75, 3.05) is 18.8 Å². The minimum Gasteiger partial charge on any atom is -0.443 e. The number of benzene rings is 1. The van der Waals surface area contributed by atoms with Crippen molar-refractivity contribution in [1.82, 2.24) is 9.88 Å². The van der Waals surface area contributed by atoms with Gasteiger partial charge in [0.05, 0.1) is 0 Å². The molecule has 1 amide bonds. The summed E-state index contributed by atoms with van der Waals surface area (Å²) in [5.74, 6) is -1.89. The third kappa shape index (κ3) is 3.24. The Kier molecular flexibility index (Phi) is 4.75. The minimum atomic E-state index is -0.964. The summed E-state index contributed by atoms with van der Waals surface area (Å²) in [6.45, 7) is 2.70. The summed E-state index contributed by atoms with van der Waals surface area (Å²) in [6.07, 6.45) is 1.72.